The number of hydrogen-bond donors (Lipinski definition) is 0. The summed E-state index contributed by atoms with van der Waals surface area (Å²) in [6.07, 6.45) is 2.73. The Bertz CT molecular complexity index is 722. The number of carbonyl (C=O) groups excluding carboxylic acids is 1. The van der Waals surface area contributed by atoms with Crippen molar-refractivity contribution in [1.29, 1.82) is 5.26 Å². The summed E-state index contributed by atoms with van der Waals surface area (Å²) in [4.78, 5) is 14.6. The number of nitriles is 1. The Morgan fingerprint density at radius 2 is 2.16 bits per heavy atom. The monoisotopic (exact) mass is 343 g/mol. The van der Waals surface area contributed by atoms with Gasteiger partial charge in [0.15, 0.2) is 0 Å². The van der Waals surface area contributed by atoms with Gasteiger partial charge >= 0.3 is 0 Å². The molecule has 1 amide bonds. The maximum absolute atomic E-state index is 12.9. The molecule has 1 saturated heterocycles. The lowest BCUT2D eigenvalue weighted by Crippen LogP contribution is -2.54. The summed E-state index contributed by atoms with van der Waals surface area (Å²) < 4.78 is 8.08. The molecule has 0 saturated carbocycles. The second kappa shape index (κ2) is 7.45. The molecule has 0 radical (unpaired) electrons. The summed E-state index contributed by atoms with van der Waals surface area (Å²) in [6.45, 7) is 14.1. The molecule has 1 aliphatic rings. The van der Waals surface area contributed by atoms with E-state index in [1.54, 1.807) is 11.0 Å². The molecule has 0 aliphatic carbocycles. The second-order valence-corrected chi connectivity index (χ2v) is 7.52. The summed E-state index contributed by atoms with van der Waals surface area (Å²) in [5.41, 5.74) is 2.97. The van der Waals surface area contributed by atoms with Gasteiger partial charge in [-0.05, 0) is 58.7 Å². The van der Waals surface area contributed by atoms with E-state index in [1.807, 2.05) is 33.8 Å². The van der Waals surface area contributed by atoms with E-state index in [4.69, 9.17) is 4.74 Å². The standard InChI is InChI=1S/C20H29N3O2/c1-7-8-23-14(2)9-17(16(23)4)10-18(11-21)19(24)22-12-15(3)25-20(5,6)13-22/h9-10,15H,7-8,12-13H2,1-6H3/b18-10+/t15-/m0/s1. The lowest BCUT2D eigenvalue weighted by atomic mass is 10.0. The number of ether oxygens (including phenoxy) is 1. The Morgan fingerprint density at radius 1 is 1.48 bits per heavy atom. The molecule has 0 N–H and O–H groups in total. The molecule has 25 heavy (non-hydrogen) atoms. The molecular weight excluding hydrogens is 314 g/mol. The zero-order valence-corrected chi connectivity index (χ0v) is 16.2. The Hall–Kier alpha value is -2.06. The van der Waals surface area contributed by atoms with Crippen LogP contribution < -0.4 is 0 Å². The van der Waals surface area contributed by atoms with E-state index in [2.05, 4.69) is 24.5 Å². The highest BCUT2D eigenvalue weighted by atomic mass is 16.5. The number of nitrogens with zero attached hydrogens (tertiary/aromatic N) is 3. The summed E-state index contributed by atoms with van der Waals surface area (Å²) in [7, 11) is 0. The molecule has 2 rings (SSSR count). The van der Waals surface area contributed by atoms with Crippen molar-refractivity contribution in [2.75, 3.05) is 13.1 Å². The molecule has 5 nitrogen and oxygen atoms in total. The van der Waals surface area contributed by atoms with Crippen molar-refractivity contribution < 1.29 is 9.53 Å². The van der Waals surface area contributed by atoms with Gasteiger partial charge in [0, 0.05) is 31.0 Å². The van der Waals surface area contributed by atoms with Gasteiger partial charge in [0.25, 0.3) is 5.91 Å². The smallest absolute Gasteiger partial charge is 0.264 e. The molecule has 1 atom stereocenters. The molecule has 1 aromatic heterocycles. The zero-order chi connectivity index (χ0) is 18.8. The van der Waals surface area contributed by atoms with Gasteiger partial charge in [-0.3, -0.25) is 4.79 Å². The molecule has 0 aromatic carbocycles. The molecule has 0 unspecified atom stereocenters. The van der Waals surface area contributed by atoms with Crippen LogP contribution in [0.1, 0.15) is 51.1 Å². The van der Waals surface area contributed by atoms with Crippen LogP contribution in [0, 0.1) is 25.2 Å². The van der Waals surface area contributed by atoms with E-state index in [0.29, 0.717) is 13.1 Å². The maximum Gasteiger partial charge on any atom is 0.264 e. The van der Waals surface area contributed by atoms with E-state index in [9.17, 15) is 10.1 Å². The van der Waals surface area contributed by atoms with Crippen LogP contribution in [0.25, 0.3) is 6.08 Å². The van der Waals surface area contributed by atoms with Gasteiger partial charge < -0.3 is 14.2 Å². The summed E-state index contributed by atoms with van der Waals surface area (Å²) in [5.74, 6) is -0.217. The Kier molecular flexibility index (Phi) is 5.74. The number of carbonyl (C=O) groups is 1. The minimum atomic E-state index is -0.398. The van der Waals surface area contributed by atoms with Crippen LogP contribution in [0.2, 0.25) is 0 Å². The number of aryl methyl sites for hydroxylation is 1. The van der Waals surface area contributed by atoms with E-state index in [1.165, 1.54) is 0 Å². The number of morpholine rings is 1. The fourth-order valence-corrected chi connectivity index (χ4v) is 3.62. The highest BCUT2D eigenvalue weighted by Gasteiger charge is 2.34. The van der Waals surface area contributed by atoms with Crippen molar-refractivity contribution in [2.45, 2.75) is 66.2 Å². The highest BCUT2D eigenvalue weighted by molar-refractivity contribution is 6.02. The largest absolute Gasteiger partial charge is 0.369 e. The van der Waals surface area contributed by atoms with Crippen molar-refractivity contribution in [3.63, 3.8) is 0 Å². The van der Waals surface area contributed by atoms with Crippen LogP contribution in [-0.4, -0.2) is 40.2 Å². The van der Waals surface area contributed by atoms with Crippen LogP contribution in [0.4, 0.5) is 0 Å². The van der Waals surface area contributed by atoms with Gasteiger partial charge in [0.1, 0.15) is 11.6 Å². The molecule has 2 heterocycles. The first-order valence-electron chi connectivity index (χ1n) is 8.94. The number of hydrogen-bond acceptors (Lipinski definition) is 3. The fourth-order valence-electron chi connectivity index (χ4n) is 3.62. The van der Waals surface area contributed by atoms with Gasteiger partial charge in [-0.2, -0.15) is 5.26 Å². The summed E-state index contributed by atoms with van der Waals surface area (Å²) in [6, 6.07) is 4.14. The molecule has 1 fully saturated rings. The molecular formula is C20H29N3O2. The van der Waals surface area contributed by atoms with Crippen LogP contribution in [-0.2, 0) is 16.1 Å². The van der Waals surface area contributed by atoms with Crippen molar-refractivity contribution in [3.05, 3.63) is 28.6 Å². The average molecular weight is 343 g/mol. The normalized spacial score (nSPS) is 20.4. The molecule has 1 aliphatic heterocycles. The third kappa shape index (κ3) is 4.32. The number of aromatic nitrogens is 1. The van der Waals surface area contributed by atoms with Crippen LogP contribution in [0.15, 0.2) is 11.6 Å². The first kappa shape index (κ1) is 19.3. The van der Waals surface area contributed by atoms with Crippen molar-refractivity contribution >= 4 is 12.0 Å². The van der Waals surface area contributed by atoms with Gasteiger partial charge in [-0.15, -0.1) is 0 Å². The maximum atomic E-state index is 12.9. The van der Waals surface area contributed by atoms with Crippen molar-refractivity contribution in [3.8, 4) is 6.07 Å². The van der Waals surface area contributed by atoms with Crippen molar-refractivity contribution in [1.82, 2.24) is 9.47 Å². The van der Waals surface area contributed by atoms with E-state index in [-0.39, 0.29) is 17.6 Å². The Labute approximate surface area is 150 Å². The predicted molar refractivity (Wildman–Crippen MR) is 99.0 cm³/mol. The van der Waals surface area contributed by atoms with Crippen LogP contribution >= 0.6 is 0 Å². The fraction of sp³-hybridized carbons (Fsp3) is 0.600. The first-order chi connectivity index (χ1) is 11.7. The van der Waals surface area contributed by atoms with Crippen molar-refractivity contribution in [2.24, 2.45) is 0 Å². The third-order valence-electron chi connectivity index (χ3n) is 4.57. The van der Waals surface area contributed by atoms with Crippen LogP contribution in [0.3, 0.4) is 0 Å². The van der Waals surface area contributed by atoms with E-state index >= 15 is 0 Å². The first-order valence-corrected chi connectivity index (χ1v) is 8.94. The van der Waals surface area contributed by atoms with E-state index in [0.717, 1.165) is 29.9 Å². The topological polar surface area (TPSA) is 58.3 Å². The minimum Gasteiger partial charge on any atom is -0.369 e. The minimum absolute atomic E-state index is 0.0396. The van der Waals surface area contributed by atoms with Gasteiger partial charge in [-0.25, -0.2) is 0 Å². The third-order valence-corrected chi connectivity index (χ3v) is 4.57. The molecule has 0 bridgehead atoms. The van der Waals surface area contributed by atoms with Gasteiger partial charge in [0.05, 0.1) is 11.7 Å². The average Bonchev–Trinajstić information content (AvgIpc) is 2.78. The Morgan fingerprint density at radius 3 is 2.72 bits per heavy atom. The molecule has 5 heteroatoms. The van der Waals surface area contributed by atoms with E-state index < -0.39 is 5.60 Å². The molecule has 136 valence electrons. The SMILES string of the molecule is CCCn1c(C)cc(/C=C(\C#N)C(=O)N2C[C@H](C)OC(C)(C)C2)c1C. The zero-order valence-electron chi connectivity index (χ0n) is 16.2. The Balaban J connectivity index is 2.30. The lowest BCUT2D eigenvalue weighted by molar-refractivity contribution is -0.154. The number of rotatable bonds is 4. The quantitative estimate of drug-likeness (QED) is 0.621. The van der Waals surface area contributed by atoms with Crippen LogP contribution in [0.5, 0.6) is 0 Å². The molecule has 0 spiro atoms. The highest BCUT2D eigenvalue weighted by Crippen LogP contribution is 2.24. The van der Waals surface area contributed by atoms with Gasteiger partial charge in [-0.1, -0.05) is 6.92 Å². The second-order valence-electron chi connectivity index (χ2n) is 7.52. The number of amides is 1. The lowest BCUT2D eigenvalue weighted by Gasteiger charge is -2.41. The summed E-state index contributed by atoms with van der Waals surface area (Å²) in [5, 5.41) is 9.55. The summed E-state index contributed by atoms with van der Waals surface area (Å²) >= 11 is 0. The predicted octanol–water partition coefficient (Wildman–Crippen LogP) is 3.45. The molecule has 1 aromatic rings. The van der Waals surface area contributed by atoms with Gasteiger partial charge in [0.2, 0.25) is 0 Å².